The van der Waals surface area contributed by atoms with E-state index in [1.165, 1.54) is 11.1 Å². The van der Waals surface area contributed by atoms with Gasteiger partial charge in [0.25, 0.3) is 0 Å². The highest BCUT2D eigenvalue weighted by atomic mass is 28.1. The topological polar surface area (TPSA) is 0 Å². The average Bonchev–Trinajstić information content (AvgIpc) is 2.55. The maximum absolute atomic E-state index is 3.28. The smallest absolute Gasteiger partial charge is 0.0327 e. The van der Waals surface area contributed by atoms with Gasteiger partial charge in [0, 0.05) is 22.1 Å². The molecule has 0 atom stereocenters. The first-order valence-electron chi connectivity index (χ1n) is 6.65. The minimum Gasteiger partial charge on any atom is -0.0622 e. The molecule has 0 aliphatic rings. The fourth-order valence-corrected chi connectivity index (χ4v) is 2.12. The molecule has 21 heavy (non-hydrogen) atoms. The summed E-state index contributed by atoms with van der Waals surface area (Å²) in [6.45, 7) is 0. The van der Waals surface area contributed by atoms with E-state index in [4.69, 9.17) is 0 Å². The molecule has 0 aliphatic carbocycles. The van der Waals surface area contributed by atoms with Crippen molar-refractivity contribution in [1.29, 1.82) is 0 Å². The molecule has 0 nitrogen and oxygen atoms in total. The van der Waals surface area contributed by atoms with E-state index in [1.54, 1.807) is 0 Å². The van der Waals surface area contributed by atoms with Crippen molar-refractivity contribution in [2.24, 2.45) is 0 Å². The molecule has 0 unspecified atom stereocenters. The Morgan fingerprint density at radius 1 is 0.524 bits per heavy atom. The Morgan fingerprint density at radius 2 is 1.10 bits per heavy atom. The second-order valence-corrected chi connectivity index (χ2v) is 4.53. The van der Waals surface area contributed by atoms with E-state index in [0.29, 0.717) is 0 Å². The lowest BCUT2D eigenvalue weighted by molar-refractivity contribution is 1.58. The second kappa shape index (κ2) is 7.28. The highest BCUT2D eigenvalue weighted by Gasteiger charge is 2.00. The van der Waals surface area contributed by atoms with Gasteiger partial charge in [0.05, 0.1) is 0 Å². The van der Waals surface area contributed by atoms with Crippen molar-refractivity contribution in [3.63, 3.8) is 0 Å². The molecule has 3 aromatic rings. The van der Waals surface area contributed by atoms with Gasteiger partial charge in [-0.15, -0.1) is 0 Å². The molecular weight excluding hydrogens is 268 g/mol. The molecule has 0 fully saturated rings. The van der Waals surface area contributed by atoms with Gasteiger partial charge in [-0.1, -0.05) is 78.6 Å². The molecule has 3 rings (SSSR count). The van der Waals surface area contributed by atoms with E-state index in [-0.39, 0.29) is 11.0 Å². The van der Waals surface area contributed by atoms with E-state index >= 15 is 0 Å². The zero-order valence-corrected chi connectivity index (χ0v) is 12.6. The van der Waals surface area contributed by atoms with Crippen LogP contribution in [-0.2, 0) is 0 Å². The van der Waals surface area contributed by atoms with Crippen LogP contribution >= 0.6 is 0 Å². The lowest BCUT2D eigenvalue weighted by Gasteiger charge is -2.04. The van der Waals surface area contributed by atoms with Crippen LogP contribution in [0.5, 0.6) is 0 Å². The SMILES string of the molecule is C(#Cc1ccccc1-c1ccccc1)c1ccccc1.[Si]. The molecular formula is C20H14Si. The molecule has 0 aliphatic heterocycles. The largest absolute Gasteiger partial charge is 0.0622 e. The first-order chi connectivity index (χ1) is 9.93. The zero-order valence-electron chi connectivity index (χ0n) is 11.6. The summed E-state index contributed by atoms with van der Waals surface area (Å²) in [7, 11) is 0. The third-order valence-corrected chi connectivity index (χ3v) is 3.13. The van der Waals surface area contributed by atoms with E-state index in [0.717, 1.165) is 11.1 Å². The molecule has 0 spiro atoms. The Kier molecular flexibility index (Phi) is 5.14. The molecule has 0 heterocycles. The first-order valence-corrected chi connectivity index (χ1v) is 6.65. The monoisotopic (exact) mass is 282 g/mol. The highest BCUT2D eigenvalue weighted by Crippen LogP contribution is 2.22. The van der Waals surface area contributed by atoms with Crippen molar-refractivity contribution in [3.05, 3.63) is 96.1 Å². The van der Waals surface area contributed by atoms with Crippen LogP contribution in [-0.4, -0.2) is 11.0 Å². The summed E-state index contributed by atoms with van der Waals surface area (Å²) < 4.78 is 0. The van der Waals surface area contributed by atoms with E-state index in [9.17, 15) is 0 Å². The third-order valence-electron chi connectivity index (χ3n) is 3.13. The molecule has 3 aromatic carbocycles. The Hall–Kier alpha value is -2.56. The van der Waals surface area contributed by atoms with Crippen LogP contribution in [0.15, 0.2) is 84.9 Å². The summed E-state index contributed by atoms with van der Waals surface area (Å²) in [4.78, 5) is 0. The molecule has 0 N–H and O–H groups in total. The van der Waals surface area contributed by atoms with Crippen molar-refractivity contribution in [3.8, 4) is 23.0 Å². The normalized spacial score (nSPS) is 9.14. The first kappa shape index (κ1) is 14.8. The van der Waals surface area contributed by atoms with Crippen LogP contribution in [0.25, 0.3) is 11.1 Å². The van der Waals surface area contributed by atoms with Gasteiger partial charge in [-0.05, 0) is 29.3 Å². The molecule has 0 saturated carbocycles. The summed E-state index contributed by atoms with van der Waals surface area (Å²) in [5, 5.41) is 0. The summed E-state index contributed by atoms with van der Waals surface area (Å²) in [6.07, 6.45) is 0. The van der Waals surface area contributed by atoms with Crippen LogP contribution in [0.3, 0.4) is 0 Å². The summed E-state index contributed by atoms with van der Waals surface area (Å²) in [6, 6.07) is 28.7. The molecule has 0 amide bonds. The quantitative estimate of drug-likeness (QED) is 0.459. The van der Waals surface area contributed by atoms with Gasteiger partial charge in [-0.3, -0.25) is 0 Å². The Balaban J connectivity index is 0.00000161. The lowest BCUT2D eigenvalue weighted by Crippen LogP contribution is -1.83. The molecule has 1 heteroatoms. The van der Waals surface area contributed by atoms with Crippen LogP contribution in [0.4, 0.5) is 0 Å². The molecule has 0 aromatic heterocycles. The lowest BCUT2D eigenvalue weighted by atomic mass is 10.00. The van der Waals surface area contributed by atoms with E-state index < -0.39 is 0 Å². The van der Waals surface area contributed by atoms with Crippen molar-refractivity contribution in [2.75, 3.05) is 0 Å². The predicted molar refractivity (Wildman–Crippen MR) is 90.1 cm³/mol. The van der Waals surface area contributed by atoms with Gasteiger partial charge in [0.2, 0.25) is 0 Å². The van der Waals surface area contributed by atoms with Crippen molar-refractivity contribution in [1.82, 2.24) is 0 Å². The number of hydrogen-bond acceptors (Lipinski definition) is 0. The van der Waals surface area contributed by atoms with Gasteiger partial charge in [0.15, 0.2) is 0 Å². The standard InChI is InChI=1S/C20H14.Si/c1-3-9-17(10-4-1)15-16-19-13-7-8-14-20(19)18-11-5-2-6-12-18;/h1-14H;. The third kappa shape index (κ3) is 3.72. The Labute approximate surface area is 130 Å². The second-order valence-electron chi connectivity index (χ2n) is 4.53. The molecule has 0 bridgehead atoms. The maximum Gasteiger partial charge on any atom is 0.0327 e. The van der Waals surface area contributed by atoms with Gasteiger partial charge >= 0.3 is 0 Å². The fraction of sp³-hybridized carbons (Fsp3) is 0. The minimum atomic E-state index is 0. The summed E-state index contributed by atoms with van der Waals surface area (Å²) in [5.41, 5.74) is 4.47. The van der Waals surface area contributed by atoms with Crippen LogP contribution < -0.4 is 0 Å². The van der Waals surface area contributed by atoms with E-state index in [2.05, 4.69) is 54.3 Å². The van der Waals surface area contributed by atoms with Gasteiger partial charge in [-0.25, -0.2) is 0 Å². The van der Waals surface area contributed by atoms with Gasteiger partial charge < -0.3 is 0 Å². The van der Waals surface area contributed by atoms with Gasteiger partial charge in [0.1, 0.15) is 0 Å². The van der Waals surface area contributed by atoms with Crippen molar-refractivity contribution < 1.29 is 0 Å². The minimum absolute atomic E-state index is 0. The zero-order chi connectivity index (χ0) is 13.6. The van der Waals surface area contributed by atoms with Crippen LogP contribution in [0.2, 0.25) is 0 Å². The number of rotatable bonds is 1. The van der Waals surface area contributed by atoms with Crippen molar-refractivity contribution >= 4 is 11.0 Å². The maximum atomic E-state index is 3.28. The van der Waals surface area contributed by atoms with Crippen molar-refractivity contribution in [2.45, 2.75) is 0 Å². The Morgan fingerprint density at radius 3 is 1.81 bits per heavy atom. The number of hydrogen-bond donors (Lipinski definition) is 0. The number of benzene rings is 3. The van der Waals surface area contributed by atoms with Crippen LogP contribution in [0.1, 0.15) is 11.1 Å². The molecule has 4 radical (unpaired) electrons. The molecule has 0 saturated heterocycles. The summed E-state index contributed by atoms with van der Waals surface area (Å²) in [5.74, 6) is 6.50. The highest BCUT2D eigenvalue weighted by molar-refractivity contribution is 5.75. The van der Waals surface area contributed by atoms with Crippen LogP contribution in [0, 0.1) is 11.8 Å². The Bertz CT molecular complexity index is 750. The average molecular weight is 282 g/mol. The summed E-state index contributed by atoms with van der Waals surface area (Å²) >= 11 is 0. The molecule has 98 valence electrons. The fourth-order valence-electron chi connectivity index (χ4n) is 2.12. The predicted octanol–water partition coefficient (Wildman–Crippen LogP) is 4.37. The van der Waals surface area contributed by atoms with Gasteiger partial charge in [-0.2, -0.15) is 0 Å². The van der Waals surface area contributed by atoms with E-state index in [1.807, 2.05) is 42.5 Å².